The van der Waals surface area contributed by atoms with Gasteiger partial charge in [-0.15, -0.1) is 0 Å². The van der Waals surface area contributed by atoms with Crippen LogP contribution in [0, 0.1) is 11.3 Å². The summed E-state index contributed by atoms with van der Waals surface area (Å²) in [6, 6.07) is 0. The lowest BCUT2D eigenvalue weighted by atomic mass is 9.65. The lowest BCUT2D eigenvalue weighted by molar-refractivity contribution is 0.191. The zero-order valence-corrected chi connectivity index (χ0v) is 15.6. The molecule has 0 spiro atoms. The van der Waals surface area contributed by atoms with Crippen molar-refractivity contribution in [1.29, 1.82) is 0 Å². The number of aliphatic hydroxyl groups is 1. The Kier molecular flexibility index (Phi) is 5.05. The molecule has 3 fully saturated rings. The number of hydrogen-bond acceptors (Lipinski definition) is 2. The van der Waals surface area contributed by atoms with E-state index in [1.54, 1.807) is 11.1 Å². The molecular weight excluding hydrogens is 294 g/mol. The van der Waals surface area contributed by atoms with Crippen molar-refractivity contribution < 1.29 is 5.11 Å². The summed E-state index contributed by atoms with van der Waals surface area (Å²) < 4.78 is 0. The maximum Gasteiger partial charge on any atom is 0.0787 e. The summed E-state index contributed by atoms with van der Waals surface area (Å²) in [6.07, 6.45) is 13.6. The van der Waals surface area contributed by atoms with E-state index in [0.29, 0.717) is 11.3 Å². The summed E-state index contributed by atoms with van der Waals surface area (Å²) in [7, 11) is 2.04. The summed E-state index contributed by atoms with van der Waals surface area (Å²) in [5.74, 6) is 0.683. The number of hydrogen-bond donors (Lipinski definition) is 2. The van der Waals surface area contributed by atoms with Gasteiger partial charge in [0.15, 0.2) is 0 Å². The van der Waals surface area contributed by atoms with E-state index in [9.17, 15) is 5.11 Å². The van der Waals surface area contributed by atoms with Crippen molar-refractivity contribution >= 4 is 0 Å². The van der Waals surface area contributed by atoms with Crippen LogP contribution in [-0.4, -0.2) is 18.3 Å². The molecule has 3 atom stereocenters. The largest absolute Gasteiger partial charge is 0.392 e. The van der Waals surface area contributed by atoms with E-state index < -0.39 is 0 Å². The van der Waals surface area contributed by atoms with E-state index in [1.165, 1.54) is 43.4 Å². The minimum Gasteiger partial charge on any atom is -0.392 e. The predicted octanol–water partition coefficient (Wildman–Crippen LogP) is 5.03. The van der Waals surface area contributed by atoms with Gasteiger partial charge in [-0.3, -0.25) is 0 Å². The fourth-order valence-corrected chi connectivity index (χ4v) is 5.26. The first-order valence-corrected chi connectivity index (χ1v) is 9.62. The standard InChI is InChI=1S/C22H33NO/c1-15-17(7-5-9-21(15)24)10-11-18-8-6-14-22(3)19(16(2)23-4)12-13-20(18)22/h10-11,20-21,23-24H,1,5-9,12-14H2,2-4H3/b17-10-,18-11+,19-16-/t20?,21-,22?/m0/s1. The molecule has 0 radical (unpaired) electrons. The molecule has 3 aliphatic carbocycles. The summed E-state index contributed by atoms with van der Waals surface area (Å²) in [4.78, 5) is 0. The highest BCUT2D eigenvalue weighted by molar-refractivity contribution is 5.39. The molecule has 0 aromatic rings. The van der Waals surface area contributed by atoms with E-state index in [-0.39, 0.29) is 6.10 Å². The van der Waals surface area contributed by atoms with Crippen molar-refractivity contribution in [2.45, 2.75) is 71.3 Å². The zero-order valence-electron chi connectivity index (χ0n) is 15.6. The van der Waals surface area contributed by atoms with Crippen LogP contribution in [0.25, 0.3) is 0 Å². The van der Waals surface area contributed by atoms with Gasteiger partial charge in [0.05, 0.1) is 6.10 Å². The topological polar surface area (TPSA) is 32.3 Å². The molecule has 2 heteroatoms. The molecule has 3 saturated carbocycles. The van der Waals surface area contributed by atoms with E-state index in [0.717, 1.165) is 24.8 Å². The van der Waals surface area contributed by atoms with Gasteiger partial charge in [-0.05, 0) is 86.3 Å². The summed E-state index contributed by atoms with van der Waals surface area (Å²) in [6.45, 7) is 8.81. The van der Waals surface area contributed by atoms with Gasteiger partial charge >= 0.3 is 0 Å². The lowest BCUT2D eigenvalue weighted by Gasteiger charge is -2.40. The van der Waals surface area contributed by atoms with Crippen molar-refractivity contribution in [3.8, 4) is 0 Å². The van der Waals surface area contributed by atoms with Gasteiger partial charge in [0.25, 0.3) is 0 Å². The highest BCUT2D eigenvalue weighted by atomic mass is 16.3. The minimum absolute atomic E-state index is 0.332. The minimum atomic E-state index is -0.334. The highest BCUT2D eigenvalue weighted by Crippen LogP contribution is 2.57. The Morgan fingerprint density at radius 3 is 2.75 bits per heavy atom. The fourth-order valence-electron chi connectivity index (χ4n) is 5.26. The van der Waals surface area contributed by atoms with Gasteiger partial charge < -0.3 is 10.4 Å². The highest BCUT2D eigenvalue weighted by Gasteiger charge is 2.46. The molecule has 0 heterocycles. The first-order chi connectivity index (χ1) is 11.5. The molecule has 0 aromatic heterocycles. The van der Waals surface area contributed by atoms with Crippen LogP contribution in [0.2, 0.25) is 0 Å². The normalized spacial score (nSPS) is 39.2. The summed E-state index contributed by atoms with van der Waals surface area (Å²) in [5, 5.41) is 13.4. The second-order valence-corrected chi connectivity index (χ2v) is 8.08. The van der Waals surface area contributed by atoms with Crippen LogP contribution in [0.5, 0.6) is 0 Å². The van der Waals surface area contributed by atoms with Crippen molar-refractivity contribution in [2.24, 2.45) is 11.3 Å². The quantitative estimate of drug-likeness (QED) is 0.745. The molecule has 0 saturated heterocycles. The average molecular weight is 328 g/mol. The van der Waals surface area contributed by atoms with Gasteiger partial charge in [0, 0.05) is 12.7 Å². The number of fused-ring (bicyclic) bond motifs is 1. The number of nitrogens with one attached hydrogen (secondary N) is 1. The van der Waals surface area contributed by atoms with Crippen LogP contribution in [0.3, 0.4) is 0 Å². The Labute approximate surface area is 147 Å². The van der Waals surface area contributed by atoms with Crippen LogP contribution < -0.4 is 5.32 Å². The molecule has 2 unspecified atom stereocenters. The molecule has 0 bridgehead atoms. The summed E-state index contributed by atoms with van der Waals surface area (Å²) in [5.41, 5.74) is 7.17. The van der Waals surface area contributed by atoms with E-state index >= 15 is 0 Å². The third-order valence-corrected chi connectivity index (χ3v) is 6.82. The van der Waals surface area contributed by atoms with Crippen LogP contribution in [0.15, 0.2) is 46.7 Å². The summed E-state index contributed by atoms with van der Waals surface area (Å²) >= 11 is 0. The van der Waals surface area contributed by atoms with E-state index in [1.807, 2.05) is 7.05 Å². The number of aliphatic hydroxyl groups excluding tert-OH is 1. The molecule has 0 amide bonds. The average Bonchev–Trinajstić information content (AvgIpc) is 2.93. The third-order valence-electron chi connectivity index (χ3n) is 6.82. The second-order valence-electron chi connectivity index (χ2n) is 8.08. The predicted molar refractivity (Wildman–Crippen MR) is 102 cm³/mol. The Morgan fingerprint density at radius 2 is 2.00 bits per heavy atom. The van der Waals surface area contributed by atoms with Gasteiger partial charge in [-0.1, -0.05) is 31.2 Å². The van der Waals surface area contributed by atoms with Crippen LogP contribution in [0.4, 0.5) is 0 Å². The lowest BCUT2D eigenvalue weighted by Crippen LogP contribution is -2.30. The number of allylic oxidation sites excluding steroid dienone is 5. The van der Waals surface area contributed by atoms with Crippen LogP contribution in [0.1, 0.15) is 65.2 Å². The monoisotopic (exact) mass is 327 g/mol. The second kappa shape index (κ2) is 6.92. The van der Waals surface area contributed by atoms with Crippen molar-refractivity contribution in [3.05, 3.63) is 46.7 Å². The Hall–Kier alpha value is -1.28. The molecule has 24 heavy (non-hydrogen) atoms. The van der Waals surface area contributed by atoms with Gasteiger partial charge in [-0.25, -0.2) is 0 Å². The molecule has 2 nitrogen and oxygen atoms in total. The fraction of sp³-hybridized carbons (Fsp3) is 0.636. The first kappa shape index (κ1) is 17.5. The molecule has 2 N–H and O–H groups in total. The number of rotatable bonds is 2. The van der Waals surface area contributed by atoms with E-state index in [4.69, 9.17) is 0 Å². The molecule has 132 valence electrons. The smallest absolute Gasteiger partial charge is 0.0787 e. The van der Waals surface area contributed by atoms with Gasteiger partial charge in [-0.2, -0.15) is 0 Å². The Balaban J connectivity index is 1.86. The van der Waals surface area contributed by atoms with Gasteiger partial charge in [0.2, 0.25) is 0 Å². The van der Waals surface area contributed by atoms with Crippen LogP contribution >= 0.6 is 0 Å². The maximum absolute atomic E-state index is 10.0. The first-order valence-electron chi connectivity index (χ1n) is 9.62. The van der Waals surface area contributed by atoms with Crippen LogP contribution in [-0.2, 0) is 0 Å². The van der Waals surface area contributed by atoms with Crippen molar-refractivity contribution in [2.75, 3.05) is 7.05 Å². The van der Waals surface area contributed by atoms with Crippen molar-refractivity contribution in [1.82, 2.24) is 5.32 Å². The zero-order chi connectivity index (χ0) is 17.3. The van der Waals surface area contributed by atoms with Crippen molar-refractivity contribution in [3.63, 3.8) is 0 Å². The maximum atomic E-state index is 10.0. The molecule has 0 aliphatic heterocycles. The third kappa shape index (κ3) is 3.01. The molecule has 3 aliphatic rings. The molecular formula is C22H33NO. The Bertz CT molecular complexity index is 609. The SMILES string of the molecule is C=C1/C(=C\C=C2/CCCC3(C)/C(=C(/C)NC)CCC23)CCC[C@@H]1O. The Morgan fingerprint density at radius 1 is 1.21 bits per heavy atom. The van der Waals surface area contributed by atoms with E-state index in [2.05, 4.69) is 37.9 Å². The molecule has 0 aromatic carbocycles. The molecule has 3 rings (SSSR count). The van der Waals surface area contributed by atoms with Gasteiger partial charge in [0.1, 0.15) is 0 Å².